The maximum atomic E-state index is 5.76. The van der Waals surface area contributed by atoms with E-state index in [0.717, 1.165) is 24.8 Å². The van der Waals surface area contributed by atoms with Gasteiger partial charge < -0.3 is 15.4 Å². The van der Waals surface area contributed by atoms with E-state index in [1.165, 1.54) is 0 Å². The average Bonchev–Trinajstić information content (AvgIpc) is 2.74. The highest BCUT2D eigenvalue weighted by atomic mass is 16.5. The second-order valence-electron chi connectivity index (χ2n) is 4.36. The zero-order chi connectivity index (χ0) is 12.1. The van der Waals surface area contributed by atoms with Crippen molar-refractivity contribution < 1.29 is 4.74 Å². The van der Waals surface area contributed by atoms with E-state index in [9.17, 15) is 0 Å². The monoisotopic (exact) mass is 233 g/mol. The molecule has 1 aliphatic rings. The molecule has 1 aromatic carbocycles. The SMILES string of the molecule is CC1CN=C(NCC(C)Oc2ccccc2)N1. The predicted octanol–water partition coefficient (Wildman–Crippen LogP) is 1.39. The van der Waals surface area contributed by atoms with Crippen molar-refractivity contribution in [3.63, 3.8) is 0 Å². The van der Waals surface area contributed by atoms with E-state index in [1.54, 1.807) is 0 Å². The van der Waals surface area contributed by atoms with E-state index in [2.05, 4.69) is 22.5 Å². The molecule has 2 rings (SSSR count). The Morgan fingerprint density at radius 2 is 2.24 bits per heavy atom. The first-order chi connectivity index (χ1) is 8.24. The fraction of sp³-hybridized carbons (Fsp3) is 0.462. The Morgan fingerprint density at radius 3 is 2.88 bits per heavy atom. The Hall–Kier alpha value is -1.71. The highest BCUT2D eigenvalue weighted by Gasteiger charge is 2.12. The van der Waals surface area contributed by atoms with Gasteiger partial charge in [-0.05, 0) is 26.0 Å². The largest absolute Gasteiger partial charge is 0.489 e. The van der Waals surface area contributed by atoms with Gasteiger partial charge in [0.05, 0.1) is 13.1 Å². The maximum Gasteiger partial charge on any atom is 0.191 e. The molecule has 2 atom stereocenters. The summed E-state index contributed by atoms with van der Waals surface area (Å²) in [6, 6.07) is 10.3. The molecule has 1 aliphatic heterocycles. The fourth-order valence-corrected chi connectivity index (χ4v) is 1.67. The molecule has 2 unspecified atom stereocenters. The molecule has 1 heterocycles. The first-order valence-corrected chi connectivity index (χ1v) is 6.00. The lowest BCUT2D eigenvalue weighted by molar-refractivity contribution is 0.224. The van der Waals surface area contributed by atoms with Gasteiger partial charge in [0.15, 0.2) is 5.96 Å². The Morgan fingerprint density at radius 1 is 1.47 bits per heavy atom. The van der Waals surface area contributed by atoms with Gasteiger partial charge in [-0.25, -0.2) is 0 Å². The Bertz CT molecular complexity index is 378. The van der Waals surface area contributed by atoms with Crippen LogP contribution in [-0.2, 0) is 0 Å². The van der Waals surface area contributed by atoms with Crippen molar-refractivity contribution in [1.29, 1.82) is 0 Å². The molecule has 4 nitrogen and oxygen atoms in total. The van der Waals surface area contributed by atoms with Crippen LogP contribution in [-0.4, -0.2) is 31.2 Å². The number of para-hydroxylation sites is 1. The Labute approximate surface area is 102 Å². The van der Waals surface area contributed by atoms with Crippen LogP contribution in [0.2, 0.25) is 0 Å². The summed E-state index contributed by atoms with van der Waals surface area (Å²) in [6.07, 6.45) is 0.109. The van der Waals surface area contributed by atoms with Gasteiger partial charge in [-0.2, -0.15) is 0 Å². The van der Waals surface area contributed by atoms with Crippen molar-refractivity contribution in [2.24, 2.45) is 4.99 Å². The minimum absolute atomic E-state index is 0.109. The highest BCUT2D eigenvalue weighted by Crippen LogP contribution is 2.10. The van der Waals surface area contributed by atoms with Gasteiger partial charge in [-0.15, -0.1) is 0 Å². The lowest BCUT2D eigenvalue weighted by atomic mass is 10.3. The normalized spacial score (nSPS) is 20.4. The van der Waals surface area contributed by atoms with E-state index in [0.29, 0.717) is 6.04 Å². The van der Waals surface area contributed by atoms with Crippen molar-refractivity contribution >= 4 is 5.96 Å². The molecule has 0 bridgehead atoms. The Kier molecular flexibility index (Phi) is 3.85. The number of nitrogens with one attached hydrogen (secondary N) is 2. The number of ether oxygens (including phenoxy) is 1. The summed E-state index contributed by atoms with van der Waals surface area (Å²) in [6.45, 7) is 5.74. The second kappa shape index (κ2) is 5.57. The number of aliphatic imine (C=N–C) groups is 1. The van der Waals surface area contributed by atoms with Crippen LogP contribution in [0.1, 0.15) is 13.8 Å². The van der Waals surface area contributed by atoms with E-state index in [-0.39, 0.29) is 6.10 Å². The molecule has 0 saturated carbocycles. The fourth-order valence-electron chi connectivity index (χ4n) is 1.67. The molecular weight excluding hydrogens is 214 g/mol. The van der Waals surface area contributed by atoms with Crippen LogP contribution in [0.5, 0.6) is 5.75 Å². The van der Waals surface area contributed by atoms with Gasteiger partial charge in [0.25, 0.3) is 0 Å². The molecule has 0 aromatic heterocycles. The quantitative estimate of drug-likeness (QED) is 0.826. The number of hydrogen-bond donors (Lipinski definition) is 2. The Balaban J connectivity index is 1.73. The van der Waals surface area contributed by atoms with Crippen LogP contribution in [0.25, 0.3) is 0 Å². The number of hydrogen-bond acceptors (Lipinski definition) is 4. The number of guanidine groups is 1. The number of rotatable bonds is 4. The van der Waals surface area contributed by atoms with Gasteiger partial charge in [-0.1, -0.05) is 18.2 Å². The van der Waals surface area contributed by atoms with Gasteiger partial charge in [-0.3, -0.25) is 4.99 Å². The molecule has 2 N–H and O–H groups in total. The van der Waals surface area contributed by atoms with Crippen LogP contribution in [0.4, 0.5) is 0 Å². The zero-order valence-electron chi connectivity index (χ0n) is 10.3. The molecule has 1 aromatic rings. The number of benzene rings is 1. The molecule has 0 fully saturated rings. The lowest BCUT2D eigenvalue weighted by Crippen LogP contribution is -2.41. The lowest BCUT2D eigenvalue weighted by Gasteiger charge is -2.16. The van der Waals surface area contributed by atoms with Crippen molar-refractivity contribution in [3.05, 3.63) is 30.3 Å². The summed E-state index contributed by atoms with van der Waals surface area (Å²) in [5.41, 5.74) is 0. The molecule has 4 heteroatoms. The maximum absolute atomic E-state index is 5.76. The van der Waals surface area contributed by atoms with Crippen LogP contribution < -0.4 is 15.4 Å². The molecule has 0 saturated heterocycles. The van der Waals surface area contributed by atoms with Crippen molar-refractivity contribution in [1.82, 2.24) is 10.6 Å². The van der Waals surface area contributed by atoms with Crippen molar-refractivity contribution in [2.45, 2.75) is 26.0 Å². The van der Waals surface area contributed by atoms with Gasteiger partial charge in [0.1, 0.15) is 11.9 Å². The molecule has 0 amide bonds. The second-order valence-corrected chi connectivity index (χ2v) is 4.36. The molecule has 0 radical (unpaired) electrons. The third-order valence-corrected chi connectivity index (χ3v) is 2.54. The minimum Gasteiger partial charge on any atom is -0.489 e. The van der Waals surface area contributed by atoms with Gasteiger partial charge >= 0.3 is 0 Å². The third-order valence-electron chi connectivity index (χ3n) is 2.54. The summed E-state index contributed by atoms with van der Waals surface area (Å²) >= 11 is 0. The molecule has 17 heavy (non-hydrogen) atoms. The van der Waals surface area contributed by atoms with Gasteiger partial charge in [0.2, 0.25) is 0 Å². The first-order valence-electron chi connectivity index (χ1n) is 6.00. The van der Waals surface area contributed by atoms with E-state index >= 15 is 0 Å². The summed E-state index contributed by atoms with van der Waals surface area (Å²) in [7, 11) is 0. The van der Waals surface area contributed by atoms with Crippen LogP contribution in [0.3, 0.4) is 0 Å². The molecule has 92 valence electrons. The van der Waals surface area contributed by atoms with Crippen LogP contribution in [0, 0.1) is 0 Å². The summed E-state index contributed by atoms with van der Waals surface area (Å²) < 4.78 is 5.76. The summed E-state index contributed by atoms with van der Waals surface area (Å²) in [5, 5.41) is 6.50. The van der Waals surface area contributed by atoms with E-state index < -0.39 is 0 Å². The standard InChI is InChI=1S/C13H19N3O/c1-10-8-14-13(16-10)15-9-11(2)17-12-6-4-3-5-7-12/h3-7,10-11H,8-9H2,1-2H3,(H2,14,15,16). The van der Waals surface area contributed by atoms with Crippen molar-refractivity contribution in [2.75, 3.05) is 13.1 Å². The summed E-state index contributed by atoms with van der Waals surface area (Å²) in [5.74, 6) is 1.78. The van der Waals surface area contributed by atoms with E-state index in [4.69, 9.17) is 4.74 Å². The van der Waals surface area contributed by atoms with Crippen molar-refractivity contribution in [3.8, 4) is 5.75 Å². The average molecular weight is 233 g/mol. The van der Waals surface area contributed by atoms with E-state index in [1.807, 2.05) is 37.3 Å². The third kappa shape index (κ3) is 3.66. The molecule has 0 aliphatic carbocycles. The highest BCUT2D eigenvalue weighted by molar-refractivity contribution is 5.81. The van der Waals surface area contributed by atoms with Gasteiger partial charge in [0, 0.05) is 6.04 Å². The minimum atomic E-state index is 0.109. The summed E-state index contributed by atoms with van der Waals surface area (Å²) in [4.78, 5) is 4.33. The van der Waals surface area contributed by atoms with Crippen LogP contribution in [0.15, 0.2) is 35.3 Å². The first kappa shape index (κ1) is 11.8. The molecular formula is C13H19N3O. The number of nitrogens with zero attached hydrogens (tertiary/aromatic N) is 1. The zero-order valence-corrected chi connectivity index (χ0v) is 10.3. The molecule has 0 spiro atoms. The smallest absolute Gasteiger partial charge is 0.191 e. The van der Waals surface area contributed by atoms with Crippen LogP contribution >= 0.6 is 0 Å². The predicted molar refractivity (Wildman–Crippen MR) is 69.4 cm³/mol. The topological polar surface area (TPSA) is 45.7 Å².